The topological polar surface area (TPSA) is 0 Å². The Balaban J connectivity index is 2.90. The van der Waals surface area contributed by atoms with Gasteiger partial charge in [-0.2, -0.15) is 0 Å². The van der Waals surface area contributed by atoms with Crippen LogP contribution in [0, 0.1) is 0 Å². The molecule has 0 aliphatic carbocycles. The average Bonchev–Trinajstić information content (AvgIpc) is 2.12. The summed E-state index contributed by atoms with van der Waals surface area (Å²) in [5.41, 5.74) is 1.40. The van der Waals surface area contributed by atoms with Crippen LogP contribution in [0.5, 0.6) is 0 Å². The Labute approximate surface area is 53.9 Å². The molecule has 0 aromatic heterocycles. The lowest BCUT2D eigenvalue weighted by Crippen LogP contribution is -1.72. The van der Waals surface area contributed by atoms with Gasteiger partial charge < -0.3 is 0 Å². The molecule has 42 valence electrons. The van der Waals surface area contributed by atoms with Gasteiger partial charge in [-0.05, 0) is 19.4 Å². The molecule has 8 heavy (non-hydrogen) atoms. The van der Waals surface area contributed by atoms with Crippen molar-refractivity contribution >= 4 is 16.7 Å². The van der Waals surface area contributed by atoms with Gasteiger partial charge in [0.25, 0.3) is 0 Å². The van der Waals surface area contributed by atoms with Crippen LogP contribution in [0.25, 0.3) is 0 Å². The molecule has 0 unspecified atom stereocenters. The second kappa shape index (κ2) is 2.23. The van der Waals surface area contributed by atoms with Crippen molar-refractivity contribution in [2.24, 2.45) is 0 Å². The third-order valence-corrected chi connectivity index (χ3v) is 2.11. The average molecular weight is 125 g/mol. The molecule has 0 nitrogen and oxygen atoms in total. The van der Waals surface area contributed by atoms with E-state index in [1.54, 1.807) is 11.4 Å². The molecule has 1 aliphatic rings. The fraction of sp³-hybridized carbons (Fsp3) is 0.286. The third kappa shape index (κ3) is 1.04. The van der Waals surface area contributed by atoms with Gasteiger partial charge in [-0.1, -0.05) is 0 Å². The van der Waals surface area contributed by atoms with Crippen molar-refractivity contribution in [1.29, 1.82) is 0 Å². The quantitative estimate of drug-likeness (QED) is 0.341. The van der Waals surface area contributed by atoms with E-state index in [0.717, 1.165) is 0 Å². The van der Waals surface area contributed by atoms with E-state index in [1.807, 2.05) is 0 Å². The first-order valence-corrected chi connectivity index (χ1v) is 3.52. The predicted octanol–water partition coefficient (Wildman–Crippen LogP) is 1.73. The van der Waals surface area contributed by atoms with Gasteiger partial charge in [0, 0.05) is 12.2 Å². The summed E-state index contributed by atoms with van der Waals surface area (Å²) >= 11 is 1.79. The summed E-state index contributed by atoms with van der Waals surface area (Å²) in [6.45, 7) is 4.26. The molecule has 1 heteroatoms. The van der Waals surface area contributed by atoms with Gasteiger partial charge in [0.2, 0.25) is 16.3 Å². The standard InChI is InChI=1S/C7H9S/c1-6(2)7-4-3-5-8-7/h3-5H,1-2H3/q+1. The molecule has 0 saturated carbocycles. The Morgan fingerprint density at radius 3 is 2.50 bits per heavy atom. The van der Waals surface area contributed by atoms with E-state index in [1.165, 1.54) is 10.5 Å². The van der Waals surface area contributed by atoms with Crippen LogP contribution < -0.4 is 0 Å². The first-order chi connectivity index (χ1) is 3.80. The van der Waals surface area contributed by atoms with Crippen LogP contribution in [0.1, 0.15) is 13.8 Å². The predicted molar refractivity (Wildman–Crippen MR) is 40.9 cm³/mol. The second-order valence-electron chi connectivity index (χ2n) is 1.98. The van der Waals surface area contributed by atoms with Crippen LogP contribution in [0.4, 0.5) is 0 Å². The summed E-state index contributed by atoms with van der Waals surface area (Å²) in [7, 11) is 0. The highest BCUT2D eigenvalue weighted by molar-refractivity contribution is 7.82. The number of allylic oxidation sites excluding steroid dienone is 3. The Kier molecular flexibility index (Phi) is 1.59. The highest BCUT2D eigenvalue weighted by Crippen LogP contribution is 2.06. The first-order valence-electron chi connectivity index (χ1n) is 2.65. The summed E-state index contributed by atoms with van der Waals surface area (Å²) < 4.78 is 0. The summed E-state index contributed by atoms with van der Waals surface area (Å²) in [5.74, 6) is 0. The number of hydrogen-bond donors (Lipinski definition) is 0. The molecule has 0 saturated heterocycles. The Morgan fingerprint density at radius 1 is 1.50 bits per heavy atom. The van der Waals surface area contributed by atoms with E-state index in [4.69, 9.17) is 0 Å². The molecule has 0 spiro atoms. The monoisotopic (exact) mass is 125 g/mol. The van der Waals surface area contributed by atoms with E-state index in [2.05, 4.69) is 31.4 Å². The molecular formula is C7H9S+. The van der Waals surface area contributed by atoms with E-state index in [0.29, 0.717) is 0 Å². The fourth-order valence-corrected chi connectivity index (χ4v) is 1.26. The van der Waals surface area contributed by atoms with Gasteiger partial charge in [0.15, 0.2) is 5.37 Å². The summed E-state index contributed by atoms with van der Waals surface area (Å²) in [5, 5.41) is 2.10. The minimum atomic E-state index is 1.39. The molecule has 0 aromatic carbocycles. The zero-order valence-corrected chi connectivity index (χ0v) is 5.96. The lowest BCUT2D eigenvalue weighted by atomic mass is 10.3. The van der Waals surface area contributed by atoms with E-state index >= 15 is 0 Å². The van der Waals surface area contributed by atoms with Crippen molar-refractivity contribution < 1.29 is 0 Å². The van der Waals surface area contributed by atoms with Gasteiger partial charge in [0.1, 0.15) is 0 Å². The highest BCUT2D eigenvalue weighted by atomic mass is 32.1. The SMILES string of the molecule is CC(C)=C1C=CC=[S+]1. The molecule has 0 fully saturated rings. The maximum Gasteiger partial charge on any atom is 0.229 e. The van der Waals surface area contributed by atoms with Crippen LogP contribution in [0.15, 0.2) is 22.6 Å². The Morgan fingerprint density at radius 2 is 2.25 bits per heavy atom. The van der Waals surface area contributed by atoms with Crippen molar-refractivity contribution in [2.75, 3.05) is 0 Å². The van der Waals surface area contributed by atoms with Crippen LogP contribution in [0.3, 0.4) is 0 Å². The largest absolute Gasteiger partial charge is 0.229 e. The van der Waals surface area contributed by atoms with Crippen LogP contribution in [-0.2, 0) is 11.4 Å². The van der Waals surface area contributed by atoms with Crippen LogP contribution >= 0.6 is 0 Å². The smallest absolute Gasteiger partial charge is 0.0383 e. The maximum atomic E-state index is 2.14. The first kappa shape index (κ1) is 5.70. The summed E-state index contributed by atoms with van der Waals surface area (Å²) in [6.07, 6.45) is 4.22. The van der Waals surface area contributed by atoms with E-state index in [9.17, 15) is 0 Å². The molecule has 1 rings (SSSR count). The third-order valence-electron chi connectivity index (χ3n) is 1.01. The second-order valence-corrected chi connectivity index (χ2v) is 2.92. The van der Waals surface area contributed by atoms with Gasteiger partial charge in [-0.3, -0.25) is 0 Å². The lowest BCUT2D eigenvalue weighted by molar-refractivity contribution is 1.38. The molecule has 1 heterocycles. The van der Waals surface area contributed by atoms with Gasteiger partial charge in [-0.25, -0.2) is 0 Å². The van der Waals surface area contributed by atoms with Crippen molar-refractivity contribution in [1.82, 2.24) is 0 Å². The summed E-state index contributed by atoms with van der Waals surface area (Å²) in [4.78, 5) is 1.39. The minimum absolute atomic E-state index is 1.39. The van der Waals surface area contributed by atoms with E-state index in [-0.39, 0.29) is 0 Å². The molecule has 0 N–H and O–H groups in total. The van der Waals surface area contributed by atoms with Crippen molar-refractivity contribution in [3.8, 4) is 0 Å². The molecule has 0 aromatic rings. The van der Waals surface area contributed by atoms with Crippen LogP contribution in [0.2, 0.25) is 0 Å². The zero-order chi connectivity index (χ0) is 5.98. The van der Waals surface area contributed by atoms with Gasteiger partial charge >= 0.3 is 0 Å². The zero-order valence-electron chi connectivity index (χ0n) is 5.14. The number of hydrogen-bond acceptors (Lipinski definition) is 0. The Bertz CT molecular complexity index is 155. The fourth-order valence-electron chi connectivity index (χ4n) is 0.563. The number of rotatable bonds is 0. The molecule has 1 aliphatic heterocycles. The van der Waals surface area contributed by atoms with Crippen molar-refractivity contribution in [2.45, 2.75) is 13.8 Å². The molecule has 0 radical (unpaired) electrons. The van der Waals surface area contributed by atoms with Crippen molar-refractivity contribution in [3.63, 3.8) is 0 Å². The van der Waals surface area contributed by atoms with Gasteiger partial charge in [-0.15, -0.1) is 0 Å². The van der Waals surface area contributed by atoms with E-state index < -0.39 is 0 Å². The summed E-state index contributed by atoms with van der Waals surface area (Å²) in [6, 6.07) is 0. The van der Waals surface area contributed by atoms with Gasteiger partial charge in [0.05, 0.1) is 0 Å². The molecule has 0 bridgehead atoms. The van der Waals surface area contributed by atoms with Crippen LogP contribution in [-0.4, -0.2) is 5.37 Å². The lowest BCUT2D eigenvalue weighted by Gasteiger charge is -1.77. The highest BCUT2D eigenvalue weighted by Gasteiger charge is 2.07. The maximum absolute atomic E-state index is 2.14. The molecular weight excluding hydrogens is 116 g/mol. The molecule has 0 amide bonds. The molecule has 0 atom stereocenters. The normalized spacial score (nSPS) is 15.5. The minimum Gasteiger partial charge on any atom is -0.0383 e. The Hall–Kier alpha value is -0.430. The van der Waals surface area contributed by atoms with Crippen molar-refractivity contribution in [3.05, 3.63) is 22.6 Å².